The zero-order valence-corrected chi connectivity index (χ0v) is 15.2. The first kappa shape index (κ1) is 19.7. The topological polar surface area (TPSA) is 74.3 Å². The molecule has 132 valence electrons. The highest BCUT2D eigenvalue weighted by molar-refractivity contribution is 5.99. The molecule has 0 aliphatic carbocycles. The monoisotopic (exact) mass is 331 g/mol. The molecule has 0 unspecified atom stereocenters. The Hall–Kier alpha value is -2.37. The minimum Gasteiger partial charge on any atom is -0.370 e. The maximum Gasteiger partial charge on any atom is 0.217 e. The van der Waals surface area contributed by atoms with E-state index in [-0.39, 0.29) is 5.91 Å². The molecule has 0 fully saturated rings. The number of amidine groups is 2. The summed E-state index contributed by atoms with van der Waals surface area (Å²) in [7, 11) is 5.74. The van der Waals surface area contributed by atoms with Gasteiger partial charge in [0.25, 0.3) is 0 Å². The van der Waals surface area contributed by atoms with Crippen molar-refractivity contribution in [2.75, 3.05) is 40.8 Å². The van der Waals surface area contributed by atoms with Crippen LogP contribution in [0.3, 0.4) is 0 Å². The number of nitrogens with zero attached hydrogens (tertiary/aromatic N) is 4. The second-order valence-corrected chi connectivity index (χ2v) is 5.79. The molecular formula is C18H29N5O. The summed E-state index contributed by atoms with van der Waals surface area (Å²) in [5.41, 5.74) is 6.28. The van der Waals surface area contributed by atoms with Crippen LogP contribution in [0.5, 0.6) is 0 Å². The van der Waals surface area contributed by atoms with E-state index in [1.165, 1.54) is 0 Å². The molecule has 2 N–H and O–H groups in total. The van der Waals surface area contributed by atoms with Crippen LogP contribution in [0.4, 0.5) is 0 Å². The van der Waals surface area contributed by atoms with Crippen LogP contribution in [0.25, 0.3) is 0 Å². The van der Waals surface area contributed by atoms with Gasteiger partial charge in [-0.15, -0.1) is 0 Å². The standard InChI is InChI=1S/C13H17N3O.C5H12N2/c14-12(17)7-4-9-16-10-8-15-13(16)11-5-2-1-3-6-11;1-5(6-2)7(3)4/h1-3,5-6H,4,7-10H2,(H2,14,17);1-4H3. The molecule has 24 heavy (non-hydrogen) atoms. The molecule has 0 saturated heterocycles. The molecule has 1 amide bonds. The van der Waals surface area contributed by atoms with E-state index in [1.54, 1.807) is 7.05 Å². The third kappa shape index (κ3) is 6.81. The molecule has 2 rings (SSSR count). The van der Waals surface area contributed by atoms with Crippen LogP contribution in [0.1, 0.15) is 25.3 Å². The Bertz CT molecular complexity index is 566. The number of primary amides is 1. The van der Waals surface area contributed by atoms with Gasteiger partial charge in [-0.3, -0.25) is 14.8 Å². The quantitative estimate of drug-likeness (QED) is 0.658. The molecule has 1 aromatic carbocycles. The predicted molar refractivity (Wildman–Crippen MR) is 101 cm³/mol. The molecule has 1 heterocycles. The lowest BCUT2D eigenvalue weighted by Crippen LogP contribution is -2.30. The zero-order valence-electron chi connectivity index (χ0n) is 15.2. The molecule has 1 aliphatic heterocycles. The van der Waals surface area contributed by atoms with Crippen LogP contribution in [-0.2, 0) is 4.79 Å². The lowest BCUT2D eigenvalue weighted by molar-refractivity contribution is -0.118. The molecule has 0 atom stereocenters. The van der Waals surface area contributed by atoms with Crippen molar-refractivity contribution in [1.29, 1.82) is 0 Å². The van der Waals surface area contributed by atoms with Gasteiger partial charge >= 0.3 is 0 Å². The SMILES string of the molecule is CN=C(C)N(C)C.NC(=O)CCCN1CCN=C1c1ccccc1. The van der Waals surface area contributed by atoms with E-state index in [4.69, 9.17) is 5.73 Å². The van der Waals surface area contributed by atoms with Gasteiger partial charge in [0, 0.05) is 46.2 Å². The van der Waals surface area contributed by atoms with Gasteiger partial charge in [0.2, 0.25) is 5.91 Å². The minimum absolute atomic E-state index is 0.234. The maximum atomic E-state index is 10.7. The summed E-state index contributed by atoms with van der Waals surface area (Å²) in [5.74, 6) is 1.86. The van der Waals surface area contributed by atoms with E-state index in [2.05, 4.69) is 27.0 Å². The van der Waals surface area contributed by atoms with Gasteiger partial charge in [0.05, 0.1) is 12.4 Å². The number of amides is 1. The summed E-state index contributed by atoms with van der Waals surface area (Å²) < 4.78 is 0. The van der Waals surface area contributed by atoms with Crippen molar-refractivity contribution in [2.24, 2.45) is 15.7 Å². The van der Waals surface area contributed by atoms with E-state index < -0.39 is 0 Å². The number of carbonyl (C=O) groups is 1. The fraction of sp³-hybridized carbons (Fsp3) is 0.500. The van der Waals surface area contributed by atoms with Crippen LogP contribution >= 0.6 is 0 Å². The fourth-order valence-electron chi connectivity index (χ4n) is 2.21. The average Bonchev–Trinajstić information content (AvgIpc) is 3.03. The third-order valence-corrected chi connectivity index (χ3v) is 3.79. The van der Waals surface area contributed by atoms with Crippen LogP contribution in [0.15, 0.2) is 40.3 Å². The van der Waals surface area contributed by atoms with Gasteiger partial charge in [-0.25, -0.2) is 0 Å². The third-order valence-electron chi connectivity index (χ3n) is 3.79. The smallest absolute Gasteiger partial charge is 0.217 e. The summed E-state index contributed by atoms with van der Waals surface area (Å²) in [6.45, 7) is 4.58. The molecule has 0 radical (unpaired) electrons. The maximum absolute atomic E-state index is 10.7. The van der Waals surface area contributed by atoms with Crippen LogP contribution < -0.4 is 5.73 Å². The molecule has 6 nitrogen and oxygen atoms in total. The van der Waals surface area contributed by atoms with Gasteiger partial charge in [0.15, 0.2) is 0 Å². The van der Waals surface area contributed by atoms with E-state index in [0.717, 1.165) is 43.3 Å². The Morgan fingerprint density at radius 2 is 2.00 bits per heavy atom. The highest BCUT2D eigenvalue weighted by Crippen LogP contribution is 2.11. The molecule has 0 bridgehead atoms. The van der Waals surface area contributed by atoms with Gasteiger partial charge in [-0.1, -0.05) is 30.3 Å². The summed E-state index contributed by atoms with van der Waals surface area (Å²) in [4.78, 5) is 23.3. The van der Waals surface area contributed by atoms with Gasteiger partial charge in [0.1, 0.15) is 5.84 Å². The van der Waals surface area contributed by atoms with E-state index >= 15 is 0 Å². The summed E-state index contributed by atoms with van der Waals surface area (Å²) >= 11 is 0. The predicted octanol–water partition coefficient (Wildman–Crippen LogP) is 1.61. The summed E-state index contributed by atoms with van der Waals surface area (Å²) in [6.07, 6.45) is 1.24. The number of rotatable bonds is 5. The molecule has 0 spiro atoms. The number of nitrogens with two attached hydrogens (primary N) is 1. The summed E-state index contributed by atoms with van der Waals surface area (Å²) in [5, 5.41) is 0. The Morgan fingerprint density at radius 3 is 2.50 bits per heavy atom. The van der Waals surface area contributed by atoms with E-state index in [1.807, 2.05) is 44.1 Å². The number of aliphatic imine (C=N–C) groups is 2. The molecule has 1 aromatic rings. The molecule has 6 heteroatoms. The van der Waals surface area contributed by atoms with Gasteiger partial charge < -0.3 is 15.5 Å². The first-order valence-corrected chi connectivity index (χ1v) is 8.19. The first-order valence-electron chi connectivity index (χ1n) is 8.19. The Balaban J connectivity index is 0.000000351. The number of benzene rings is 1. The van der Waals surface area contributed by atoms with Crippen LogP contribution in [0.2, 0.25) is 0 Å². The number of hydrogen-bond donors (Lipinski definition) is 1. The summed E-state index contributed by atoms with van der Waals surface area (Å²) in [6, 6.07) is 10.1. The van der Waals surface area contributed by atoms with Crippen LogP contribution in [0, 0.1) is 0 Å². The van der Waals surface area contributed by atoms with E-state index in [0.29, 0.717) is 6.42 Å². The average molecular weight is 331 g/mol. The van der Waals surface area contributed by atoms with Gasteiger partial charge in [-0.2, -0.15) is 0 Å². The second-order valence-electron chi connectivity index (χ2n) is 5.79. The normalized spacial score (nSPS) is 13.9. The Kier molecular flexibility index (Phi) is 8.54. The van der Waals surface area contributed by atoms with Crippen molar-refractivity contribution in [3.63, 3.8) is 0 Å². The zero-order chi connectivity index (χ0) is 17.9. The minimum atomic E-state index is -0.234. The second kappa shape index (κ2) is 10.4. The Labute approximate surface area is 145 Å². The number of hydrogen-bond acceptors (Lipinski definition) is 4. The van der Waals surface area contributed by atoms with Crippen molar-refractivity contribution in [3.05, 3.63) is 35.9 Å². The fourth-order valence-corrected chi connectivity index (χ4v) is 2.21. The van der Waals surface area contributed by atoms with Crippen LogP contribution in [-0.4, -0.2) is 68.2 Å². The molecule has 0 saturated carbocycles. The Morgan fingerprint density at radius 1 is 1.33 bits per heavy atom. The highest BCUT2D eigenvalue weighted by Gasteiger charge is 2.17. The van der Waals surface area contributed by atoms with Crippen molar-refractivity contribution in [3.8, 4) is 0 Å². The molecule has 0 aromatic heterocycles. The largest absolute Gasteiger partial charge is 0.370 e. The van der Waals surface area contributed by atoms with Gasteiger partial charge in [-0.05, 0) is 13.3 Å². The lowest BCUT2D eigenvalue weighted by atomic mass is 10.2. The highest BCUT2D eigenvalue weighted by atomic mass is 16.1. The number of carbonyl (C=O) groups excluding carboxylic acids is 1. The van der Waals surface area contributed by atoms with Crippen molar-refractivity contribution in [2.45, 2.75) is 19.8 Å². The van der Waals surface area contributed by atoms with Crippen molar-refractivity contribution < 1.29 is 4.79 Å². The lowest BCUT2D eigenvalue weighted by Gasteiger charge is -2.20. The molecular weight excluding hydrogens is 302 g/mol. The molecule has 1 aliphatic rings. The van der Waals surface area contributed by atoms with E-state index in [9.17, 15) is 4.79 Å². The first-order chi connectivity index (χ1) is 11.5. The van der Waals surface area contributed by atoms with Crippen molar-refractivity contribution >= 4 is 17.6 Å². The van der Waals surface area contributed by atoms with Crippen molar-refractivity contribution in [1.82, 2.24) is 9.80 Å².